The van der Waals surface area contributed by atoms with Crippen molar-refractivity contribution in [3.63, 3.8) is 0 Å². The maximum atomic E-state index is 12.5. The van der Waals surface area contributed by atoms with E-state index >= 15 is 0 Å². The van der Waals surface area contributed by atoms with Crippen molar-refractivity contribution in [2.45, 2.75) is 0 Å². The Labute approximate surface area is 208 Å². The molecule has 1 amide bonds. The quantitative estimate of drug-likeness (QED) is 0.221. The molecule has 0 aliphatic rings. The molecule has 170 valence electrons. The van der Waals surface area contributed by atoms with Gasteiger partial charge in [0.05, 0.1) is 17.6 Å². The molecule has 0 aliphatic carbocycles. The van der Waals surface area contributed by atoms with Crippen LogP contribution in [0, 0.1) is 0 Å². The number of aromatic nitrogens is 2. The molecular weight excluding hydrogens is 456 g/mol. The number of hydrogen-bond acceptors (Lipinski definition) is 3. The van der Waals surface area contributed by atoms with E-state index in [-0.39, 0.29) is 5.91 Å². The number of carbonyl (C=O) groups is 1. The predicted molar refractivity (Wildman–Crippen MR) is 141 cm³/mol. The lowest BCUT2D eigenvalue weighted by atomic mass is 10.1. The van der Waals surface area contributed by atoms with Crippen molar-refractivity contribution in [1.29, 1.82) is 0 Å². The summed E-state index contributed by atoms with van der Waals surface area (Å²) in [6.45, 7) is 0. The van der Waals surface area contributed by atoms with Gasteiger partial charge in [-0.25, -0.2) is 5.43 Å². The molecule has 2 aromatic heterocycles. The average Bonchev–Trinajstić information content (AvgIpc) is 3.30. The number of hydrogen-bond donors (Lipinski definition) is 1. The minimum Gasteiger partial charge on any atom is -0.309 e. The van der Waals surface area contributed by atoms with Crippen molar-refractivity contribution >= 4 is 23.7 Å². The number of carbonyl (C=O) groups excluding carboxylic acids is 1. The molecule has 6 heteroatoms. The standard InChI is InChI=1S/C29H21ClN4O/c30-25-11-13-26(14-12-25)34-27(21-7-3-1-4-8-21)19-24(28(34)22-9-5-2-6-10-22)20-32-33-29(35)23-15-17-31-18-16-23/h1-20H,(H,33,35)/b32-20-. The van der Waals surface area contributed by atoms with Gasteiger partial charge in [-0.1, -0.05) is 72.3 Å². The highest BCUT2D eigenvalue weighted by Gasteiger charge is 2.18. The van der Waals surface area contributed by atoms with Crippen LogP contribution in [0.1, 0.15) is 15.9 Å². The van der Waals surface area contributed by atoms with Gasteiger partial charge in [0.25, 0.3) is 5.91 Å². The molecule has 2 heterocycles. The molecular formula is C29H21ClN4O. The Balaban J connectivity index is 1.65. The second-order valence-electron chi connectivity index (χ2n) is 7.81. The van der Waals surface area contributed by atoms with E-state index in [0.29, 0.717) is 10.6 Å². The van der Waals surface area contributed by atoms with Gasteiger partial charge in [0.15, 0.2) is 0 Å². The van der Waals surface area contributed by atoms with E-state index < -0.39 is 0 Å². The monoisotopic (exact) mass is 476 g/mol. The fourth-order valence-electron chi connectivity index (χ4n) is 3.93. The molecule has 1 N–H and O–H groups in total. The third kappa shape index (κ3) is 4.90. The number of rotatable bonds is 6. The molecule has 0 bridgehead atoms. The molecule has 5 aromatic rings. The molecule has 0 aliphatic heterocycles. The van der Waals surface area contributed by atoms with E-state index in [4.69, 9.17) is 11.6 Å². The number of nitrogens with zero attached hydrogens (tertiary/aromatic N) is 3. The van der Waals surface area contributed by atoms with Gasteiger partial charge in [0.2, 0.25) is 0 Å². The normalized spacial score (nSPS) is 11.0. The van der Waals surface area contributed by atoms with Crippen molar-refractivity contribution < 1.29 is 4.79 Å². The van der Waals surface area contributed by atoms with Crippen LogP contribution in [0.15, 0.2) is 121 Å². The maximum Gasteiger partial charge on any atom is 0.271 e. The van der Waals surface area contributed by atoms with Gasteiger partial charge < -0.3 is 4.57 Å². The number of nitrogens with one attached hydrogen (secondary N) is 1. The molecule has 0 spiro atoms. The molecule has 0 atom stereocenters. The highest BCUT2D eigenvalue weighted by atomic mass is 35.5. The zero-order chi connectivity index (χ0) is 24.0. The SMILES string of the molecule is O=C(N/N=C\c1cc(-c2ccccc2)n(-c2ccc(Cl)cc2)c1-c1ccccc1)c1ccncc1. The molecule has 0 radical (unpaired) electrons. The van der Waals surface area contributed by atoms with Crippen LogP contribution in [-0.2, 0) is 0 Å². The van der Waals surface area contributed by atoms with Gasteiger partial charge >= 0.3 is 0 Å². The van der Waals surface area contributed by atoms with Crippen LogP contribution in [0.3, 0.4) is 0 Å². The van der Waals surface area contributed by atoms with Gasteiger partial charge in [0.1, 0.15) is 0 Å². The Hall–Kier alpha value is -4.48. The lowest BCUT2D eigenvalue weighted by Crippen LogP contribution is -2.17. The summed E-state index contributed by atoms with van der Waals surface area (Å²) in [5.74, 6) is -0.301. The minimum absolute atomic E-state index is 0.301. The van der Waals surface area contributed by atoms with Gasteiger partial charge in [-0.3, -0.25) is 9.78 Å². The summed E-state index contributed by atoms with van der Waals surface area (Å²) >= 11 is 6.19. The third-order valence-corrected chi connectivity index (χ3v) is 5.80. The first-order chi connectivity index (χ1) is 17.2. The van der Waals surface area contributed by atoms with Crippen LogP contribution in [0.4, 0.5) is 0 Å². The van der Waals surface area contributed by atoms with Crippen LogP contribution in [-0.4, -0.2) is 21.7 Å². The lowest BCUT2D eigenvalue weighted by molar-refractivity contribution is 0.0955. The van der Waals surface area contributed by atoms with Crippen LogP contribution >= 0.6 is 11.6 Å². The van der Waals surface area contributed by atoms with Crippen molar-refractivity contribution in [3.05, 3.63) is 132 Å². The zero-order valence-electron chi connectivity index (χ0n) is 18.7. The van der Waals surface area contributed by atoms with E-state index in [1.807, 2.05) is 60.7 Å². The lowest BCUT2D eigenvalue weighted by Gasteiger charge is -2.15. The first kappa shape index (κ1) is 22.3. The average molecular weight is 477 g/mol. The topological polar surface area (TPSA) is 59.3 Å². The Bertz CT molecular complexity index is 1460. The van der Waals surface area contributed by atoms with Crippen LogP contribution in [0.25, 0.3) is 28.2 Å². The van der Waals surface area contributed by atoms with E-state index in [2.05, 4.69) is 50.4 Å². The summed E-state index contributed by atoms with van der Waals surface area (Å²) in [6, 6.07) is 33.4. The molecule has 0 unspecified atom stereocenters. The number of hydrazone groups is 1. The second-order valence-corrected chi connectivity index (χ2v) is 8.25. The molecule has 0 fully saturated rings. The smallest absolute Gasteiger partial charge is 0.271 e. The van der Waals surface area contributed by atoms with Gasteiger partial charge in [-0.2, -0.15) is 5.10 Å². The Morgan fingerprint density at radius 1 is 0.829 bits per heavy atom. The fourth-order valence-corrected chi connectivity index (χ4v) is 4.05. The van der Waals surface area contributed by atoms with Crippen molar-refractivity contribution in [2.75, 3.05) is 0 Å². The number of halogens is 1. The van der Waals surface area contributed by atoms with Crippen molar-refractivity contribution in [2.24, 2.45) is 5.10 Å². The van der Waals surface area contributed by atoms with E-state index in [1.54, 1.807) is 30.7 Å². The molecule has 0 saturated heterocycles. The highest BCUT2D eigenvalue weighted by molar-refractivity contribution is 6.30. The number of amides is 1. The van der Waals surface area contributed by atoms with Crippen LogP contribution < -0.4 is 5.43 Å². The predicted octanol–water partition coefficient (Wildman–Crippen LogP) is 6.62. The minimum atomic E-state index is -0.301. The molecule has 35 heavy (non-hydrogen) atoms. The van der Waals surface area contributed by atoms with E-state index in [0.717, 1.165) is 33.8 Å². The summed E-state index contributed by atoms with van der Waals surface area (Å²) in [7, 11) is 0. The molecule has 3 aromatic carbocycles. The molecule has 0 saturated carbocycles. The Morgan fingerprint density at radius 3 is 2.11 bits per heavy atom. The van der Waals surface area contributed by atoms with Crippen LogP contribution in [0.2, 0.25) is 5.02 Å². The Kier molecular flexibility index (Phi) is 6.50. The first-order valence-corrected chi connectivity index (χ1v) is 11.4. The Morgan fingerprint density at radius 2 is 1.46 bits per heavy atom. The zero-order valence-corrected chi connectivity index (χ0v) is 19.4. The summed E-state index contributed by atoms with van der Waals surface area (Å²) in [4.78, 5) is 16.4. The summed E-state index contributed by atoms with van der Waals surface area (Å²) in [5, 5.41) is 4.95. The van der Waals surface area contributed by atoms with E-state index in [1.165, 1.54) is 0 Å². The van der Waals surface area contributed by atoms with Gasteiger partial charge in [-0.05, 0) is 53.6 Å². The summed E-state index contributed by atoms with van der Waals surface area (Å²) < 4.78 is 2.19. The summed E-state index contributed by atoms with van der Waals surface area (Å²) in [5.41, 5.74) is 8.96. The van der Waals surface area contributed by atoms with Crippen molar-refractivity contribution in [3.8, 4) is 28.2 Å². The second kappa shape index (κ2) is 10.2. The van der Waals surface area contributed by atoms with Crippen molar-refractivity contribution in [1.82, 2.24) is 15.0 Å². The maximum absolute atomic E-state index is 12.5. The number of benzene rings is 3. The largest absolute Gasteiger partial charge is 0.309 e. The molecule has 5 nitrogen and oxygen atoms in total. The first-order valence-electron chi connectivity index (χ1n) is 11.1. The van der Waals surface area contributed by atoms with Gasteiger partial charge in [0, 0.05) is 34.2 Å². The van der Waals surface area contributed by atoms with Gasteiger partial charge in [-0.15, -0.1) is 0 Å². The highest BCUT2D eigenvalue weighted by Crippen LogP contribution is 2.35. The fraction of sp³-hybridized carbons (Fsp3) is 0. The number of pyridine rings is 1. The van der Waals surface area contributed by atoms with E-state index in [9.17, 15) is 4.79 Å². The summed E-state index contributed by atoms with van der Waals surface area (Å²) in [6.07, 6.45) is 4.83. The van der Waals surface area contributed by atoms with Crippen LogP contribution in [0.5, 0.6) is 0 Å². The molecule has 5 rings (SSSR count). The third-order valence-electron chi connectivity index (χ3n) is 5.54.